The lowest BCUT2D eigenvalue weighted by Gasteiger charge is -2.05. The molecule has 0 amide bonds. The molecule has 1 rings (SSSR count). The fraction of sp³-hybridized carbons (Fsp3) is 0.571. The van der Waals surface area contributed by atoms with Crippen molar-refractivity contribution in [3.63, 3.8) is 0 Å². The zero-order valence-corrected chi connectivity index (χ0v) is 6.69. The van der Waals surface area contributed by atoms with Crippen molar-refractivity contribution >= 4 is 17.7 Å². The Morgan fingerprint density at radius 2 is 2.70 bits per heavy atom. The van der Waals surface area contributed by atoms with Crippen LogP contribution in [-0.2, 0) is 9.53 Å². The maximum Gasteiger partial charge on any atom is 0.302 e. The van der Waals surface area contributed by atoms with Crippen LogP contribution in [0.15, 0.2) is 12.2 Å². The Labute approximate surface area is 64.6 Å². The summed E-state index contributed by atoms with van der Waals surface area (Å²) >= 11 is 1.80. The molecule has 0 bridgehead atoms. The lowest BCUT2D eigenvalue weighted by Crippen LogP contribution is -2.10. The minimum Gasteiger partial charge on any atom is -0.464 e. The average molecular weight is 158 g/mol. The van der Waals surface area contributed by atoms with Gasteiger partial charge in [-0.3, -0.25) is 4.79 Å². The Kier molecular flexibility index (Phi) is 2.81. The minimum atomic E-state index is -0.194. The molecule has 0 N–H and O–H groups in total. The zero-order chi connectivity index (χ0) is 7.40. The van der Waals surface area contributed by atoms with Crippen molar-refractivity contribution in [2.24, 2.45) is 0 Å². The van der Waals surface area contributed by atoms with Crippen molar-refractivity contribution in [2.75, 3.05) is 12.4 Å². The van der Waals surface area contributed by atoms with Crippen LogP contribution in [0.25, 0.3) is 0 Å². The summed E-state index contributed by atoms with van der Waals surface area (Å²) in [5.74, 6) is 0.854. The van der Waals surface area contributed by atoms with Gasteiger partial charge in [-0.05, 0) is 0 Å². The van der Waals surface area contributed by atoms with Crippen LogP contribution in [0.3, 0.4) is 0 Å². The van der Waals surface area contributed by atoms with Gasteiger partial charge in [0.05, 0.1) is 5.25 Å². The monoisotopic (exact) mass is 158 g/mol. The van der Waals surface area contributed by atoms with Gasteiger partial charge in [-0.15, -0.1) is 11.8 Å². The second-order valence-electron chi connectivity index (χ2n) is 2.10. The molecule has 1 unspecified atom stereocenters. The Balaban J connectivity index is 2.13. The van der Waals surface area contributed by atoms with Crippen molar-refractivity contribution in [3.8, 4) is 0 Å². The first-order valence-electron chi connectivity index (χ1n) is 3.20. The molecule has 1 aliphatic rings. The van der Waals surface area contributed by atoms with E-state index in [0.717, 1.165) is 5.75 Å². The van der Waals surface area contributed by atoms with Crippen LogP contribution < -0.4 is 0 Å². The summed E-state index contributed by atoms with van der Waals surface area (Å²) in [5, 5.41) is 0.392. The predicted octanol–water partition coefficient (Wildman–Crippen LogP) is 1.22. The third kappa shape index (κ3) is 2.43. The molecule has 3 heteroatoms. The molecule has 0 saturated carbocycles. The molecule has 0 aliphatic carbocycles. The first-order chi connectivity index (χ1) is 4.79. The summed E-state index contributed by atoms with van der Waals surface area (Å²) in [6.45, 7) is 1.96. The maximum atomic E-state index is 10.3. The first kappa shape index (κ1) is 7.66. The number of esters is 1. The van der Waals surface area contributed by atoms with Crippen LogP contribution in [0.4, 0.5) is 0 Å². The Bertz CT molecular complexity index is 154. The maximum absolute atomic E-state index is 10.3. The number of carbonyl (C=O) groups excluding carboxylic acids is 1. The molecule has 56 valence electrons. The lowest BCUT2D eigenvalue weighted by molar-refractivity contribution is -0.140. The van der Waals surface area contributed by atoms with Crippen molar-refractivity contribution < 1.29 is 9.53 Å². The highest BCUT2D eigenvalue weighted by atomic mass is 32.2. The van der Waals surface area contributed by atoms with Gasteiger partial charge in [-0.25, -0.2) is 0 Å². The van der Waals surface area contributed by atoms with Crippen molar-refractivity contribution in [2.45, 2.75) is 12.2 Å². The van der Waals surface area contributed by atoms with Crippen molar-refractivity contribution in [1.29, 1.82) is 0 Å². The van der Waals surface area contributed by atoms with Gasteiger partial charge in [0.25, 0.3) is 0 Å². The fourth-order valence-electron chi connectivity index (χ4n) is 0.745. The van der Waals surface area contributed by atoms with E-state index in [4.69, 9.17) is 4.74 Å². The number of hydrogen-bond acceptors (Lipinski definition) is 3. The Morgan fingerprint density at radius 1 is 1.90 bits per heavy atom. The van der Waals surface area contributed by atoms with E-state index in [1.54, 1.807) is 11.8 Å². The molecule has 0 aromatic rings. The van der Waals surface area contributed by atoms with Gasteiger partial charge in [0.15, 0.2) is 0 Å². The molecule has 0 aromatic carbocycles. The number of hydrogen-bond donors (Lipinski definition) is 0. The van der Waals surface area contributed by atoms with Gasteiger partial charge in [0.1, 0.15) is 6.61 Å². The van der Waals surface area contributed by atoms with Gasteiger partial charge < -0.3 is 4.74 Å². The molecule has 0 spiro atoms. The van der Waals surface area contributed by atoms with Crippen LogP contribution in [0.1, 0.15) is 6.92 Å². The van der Waals surface area contributed by atoms with E-state index in [0.29, 0.717) is 11.9 Å². The zero-order valence-electron chi connectivity index (χ0n) is 5.87. The van der Waals surface area contributed by atoms with Gasteiger partial charge in [-0.2, -0.15) is 0 Å². The smallest absolute Gasteiger partial charge is 0.302 e. The summed E-state index contributed by atoms with van der Waals surface area (Å²) in [5.41, 5.74) is 0. The highest BCUT2D eigenvalue weighted by molar-refractivity contribution is 8.00. The van der Waals surface area contributed by atoms with Crippen molar-refractivity contribution in [1.82, 2.24) is 0 Å². The molecule has 1 atom stereocenters. The Hall–Kier alpha value is -0.440. The lowest BCUT2D eigenvalue weighted by atomic mass is 10.4. The minimum absolute atomic E-state index is 0.194. The van der Waals surface area contributed by atoms with Gasteiger partial charge in [0, 0.05) is 12.7 Å². The van der Waals surface area contributed by atoms with E-state index in [2.05, 4.69) is 12.2 Å². The highest BCUT2D eigenvalue weighted by Crippen LogP contribution is 2.19. The molecule has 2 nitrogen and oxygen atoms in total. The summed E-state index contributed by atoms with van der Waals surface area (Å²) in [4.78, 5) is 10.3. The van der Waals surface area contributed by atoms with E-state index >= 15 is 0 Å². The summed E-state index contributed by atoms with van der Waals surface area (Å²) < 4.78 is 4.81. The number of rotatable bonds is 2. The second-order valence-corrected chi connectivity index (χ2v) is 3.37. The predicted molar refractivity (Wildman–Crippen MR) is 42.0 cm³/mol. The molecule has 1 aliphatic heterocycles. The standard InChI is InChI=1S/C7H10O2S/c1-6(8)9-5-7-3-2-4-10-7/h2-3,7H,4-5H2,1H3. The number of thioether (sulfide) groups is 1. The molecular weight excluding hydrogens is 148 g/mol. The molecule has 10 heavy (non-hydrogen) atoms. The fourth-order valence-corrected chi connectivity index (χ4v) is 1.60. The highest BCUT2D eigenvalue weighted by Gasteiger charge is 2.10. The van der Waals surface area contributed by atoms with Crippen LogP contribution >= 0.6 is 11.8 Å². The van der Waals surface area contributed by atoms with Crippen LogP contribution in [0.5, 0.6) is 0 Å². The van der Waals surface area contributed by atoms with E-state index in [1.165, 1.54) is 6.92 Å². The third-order valence-electron chi connectivity index (χ3n) is 1.21. The topological polar surface area (TPSA) is 26.3 Å². The van der Waals surface area contributed by atoms with E-state index in [1.807, 2.05) is 0 Å². The molecule has 0 aromatic heterocycles. The summed E-state index contributed by atoms with van der Waals surface area (Å²) in [6, 6.07) is 0. The quantitative estimate of drug-likeness (QED) is 0.446. The van der Waals surface area contributed by atoms with Crippen LogP contribution in [0.2, 0.25) is 0 Å². The van der Waals surface area contributed by atoms with Gasteiger partial charge in [0.2, 0.25) is 0 Å². The summed E-state index contributed by atoms with van der Waals surface area (Å²) in [7, 11) is 0. The van der Waals surface area contributed by atoms with Crippen LogP contribution in [-0.4, -0.2) is 23.6 Å². The molecule has 0 fully saturated rings. The number of carbonyl (C=O) groups is 1. The largest absolute Gasteiger partial charge is 0.464 e. The van der Waals surface area contributed by atoms with E-state index < -0.39 is 0 Å². The first-order valence-corrected chi connectivity index (χ1v) is 4.25. The van der Waals surface area contributed by atoms with E-state index in [9.17, 15) is 4.79 Å². The molecule has 0 saturated heterocycles. The second kappa shape index (κ2) is 3.66. The molecule has 0 radical (unpaired) electrons. The molecular formula is C7H10O2S. The number of ether oxygens (including phenoxy) is 1. The average Bonchev–Trinajstić information content (AvgIpc) is 2.34. The summed E-state index contributed by atoms with van der Waals surface area (Å²) in [6.07, 6.45) is 4.17. The normalized spacial score (nSPS) is 23.1. The van der Waals surface area contributed by atoms with E-state index in [-0.39, 0.29) is 5.97 Å². The van der Waals surface area contributed by atoms with Crippen LogP contribution in [0, 0.1) is 0 Å². The van der Waals surface area contributed by atoms with Gasteiger partial charge >= 0.3 is 5.97 Å². The third-order valence-corrected chi connectivity index (χ3v) is 2.31. The van der Waals surface area contributed by atoms with Gasteiger partial charge in [-0.1, -0.05) is 12.2 Å². The molecule has 1 heterocycles. The van der Waals surface area contributed by atoms with Crippen molar-refractivity contribution in [3.05, 3.63) is 12.2 Å². The Morgan fingerprint density at radius 3 is 3.20 bits per heavy atom. The SMILES string of the molecule is CC(=O)OCC1C=CCS1.